The standard InChI is InChI=1S/C30H35ClN10O2/c1-17(24-6-5-7-26(36-24)40-11-10-21(16-40)39(3)4)35-28(42)18(2)41-15-20-9-8-19(12-22(20)29(41)43)27-23(31)14-34-30(38-27)37-25(33)13-32/h5-9,12-14,17-18,21,32H,10-11,15-16H2,1-4H3,(H,35,42)(H2,33,34,37,38)/t17-,18-,21+/m1/s1. The van der Waals surface area contributed by atoms with E-state index in [9.17, 15) is 9.59 Å². The Labute approximate surface area is 255 Å². The minimum atomic E-state index is -0.709. The first-order valence-electron chi connectivity index (χ1n) is 14.1. The molecule has 0 saturated carbocycles. The number of carbonyl (C=O) groups is 2. The van der Waals surface area contributed by atoms with E-state index in [0.29, 0.717) is 29.4 Å². The molecule has 4 heterocycles. The van der Waals surface area contributed by atoms with Crippen LogP contribution >= 0.6 is 11.6 Å². The summed E-state index contributed by atoms with van der Waals surface area (Å²) < 4.78 is 0. The Bertz CT molecular complexity index is 1580. The van der Waals surface area contributed by atoms with Gasteiger partial charge in [0.2, 0.25) is 11.9 Å². The zero-order valence-electron chi connectivity index (χ0n) is 24.6. The number of likely N-dealkylation sites (N-methyl/N-ethyl adjacent to an activating group) is 1. The zero-order chi connectivity index (χ0) is 30.8. The number of halogens is 1. The van der Waals surface area contributed by atoms with E-state index in [0.717, 1.165) is 42.8 Å². The van der Waals surface area contributed by atoms with Gasteiger partial charge in [-0.1, -0.05) is 29.8 Å². The molecule has 0 unspecified atom stereocenters. The summed E-state index contributed by atoms with van der Waals surface area (Å²) in [5.41, 5.74) is 3.01. The number of hydrogen-bond donors (Lipinski definition) is 4. The van der Waals surface area contributed by atoms with Crippen LogP contribution in [0.4, 0.5) is 11.8 Å². The van der Waals surface area contributed by atoms with E-state index in [1.807, 2.05) is 37.3 Å². The lowest BCUT2D eigenvalue weighted by atomic mass is 10.0. The van der Waals surface area contributed by atoms with Crippen LogP contribution in [0.2, 0.25) is 5.02 Å². The third-order valence-electron chi connectivity index (χ3n) is 7.97. The summed E-state index contributed by atoms with van der Waals surface area (Å²) >= 11 is 6.36. The highest BCUT2D eigenvalue weighted by Gasteiger charge is 2.35. The maximum Gasteiger partial charge on any atom is 0.255 e. The summed E-state index contributed by atoms with van der Waals surface area (Å²) in [5, 5.41) is 20.7. The third-order valence-corrected chi connectivity index (χ3v) is 8.25. The van der Waals surface area contributed by atoms with Crippen LogP contribution in [0.3, 0.4) is 0 Å². The first-order chi connectivity index (χ1) is 20.5. The Hall–Kier alpha value is -4.42. The van der Waals surface area contributed by atoms with Gasteiger partial charge in [0.15, 0.2) is 0 Å². The third kappa shape index (κ3) is 6.35. The van der Waals surface area contributed by atoms with E-state index in [1.165, 1.54) is 6.20 Å². The van der Waals surface area contributed by atoms with Gasteiger partial charge >= 0.3 is 0 Å². The number of pyridine rings is 1. The van der Waals surface area contributed by atoms with E-state index >= 15 is 0 Å². The number of nitrogens with zero attached hydrogens (tertiary/aromatic N) is 6. The Kier molecular flexibility index (Phi) is 8.69. The molecule has 2 amide bonds. The molecule has 2 aliphatic rings. The second kappa shape index (κ2) is 12.4. The molecular weight excluding hydrogens is 568 g/mol. The van der Waals surface area contributed by atoms with Crippen molar-refractivity contribution in [3.8, 4) is 11.3 Å². The summed E-state index contributed by atoms with van der Waals surface area (Å²) in [7, 11) is 4.19. The number of fused-ring (bicyclic) bond motifs is 1. The fourth-order valence-corrected chi connectivity index (χ4v) is 5.55. The van der Waals surface area contributed by atoms with Crippen LogP contribution in [0.1, 0.15) is 47.9 Å². The highest BCUT2D eigenvalue weighted by atomic mass is 35.5. The predicted molar refractivity (Wildman–Crippen MR) is 167 cm³/mol. The van der Waals surface area contributed by atoms with Crippen molar-refractivity contribution in [2.45, 2.75) is 44.9 Å². The first kappa shape index (κ1) is 30.1. The molecule has 3 aromatic rings. The van der Waals surface area contributed by atoms with E-state index in [4.69, 9.17) is 27.4 Å². The average molecular weight is 603 g/mol. The van der Waals surface area contributed by atoms with Crippen LogP contribution < -0.4 is 15.5 Å². The molecular formula is C30H35ClN10O2. The number of benzene rings is 1. The molecule has 1 aromatic carbocycles. The number of amides is 2. The van der Waals surface area contributed by atoms with E-state index in [2.05, 4.69) is 44.5 Å². The maximum atomic E-state index is 13.5. The van der Waals surface area contributed by atoms with Gasteiger partial charge in [0.05, 0.1) is 34.9 Å². The molecule has 13 heteroatoms. The van der Waals surface area contributed by atoms with Crippen molar-refractivity contribution in [3.05, 3.63) is 64.4 Å². The topological polar surface area (TPSA) is 154 Å². The maximum absolute atomic E-state index is 13.5. The number of rotatable bonds is 9. The van der Waals surface area contributed by atoms with Crippen LogP contribution in [0.15, 0.2) is 42.6 Å². The van der Waals surface area contributed by atoms with Crippen LogP contribution in [0.25, 0.3) is 11.3 Å². The summed E-state index contributed by atoms with van der Waals surface area (Å²) in [4.78, 5) is 46.1. The lowest BCUT2D eigenvalue weighted by Gasteiger charge is -2.26. The molecule has 12 nitrogen and oxygen atoms in total. The average Bonchev–Trinajstić information content (AvgIpc) is 3.63. The monoisotopic (exact) mass is 602 g/mol. The highest BCUT2D eigenvalue weighted by Crippen LogP contribution is 2.32. The van der Waals surface area contributed by atoms with E-state index < -0.39 is 6.04 Å². The SMILES string of the molecule is C[C@H](C(=O)N[C@H](C)c1cccc(N2CC[C@H](N(C)C)C2)n1)N1Cc2ccc(-c3nc(NC(=N)C=N)ncc3Cl)cc2C1=O. The Morgan fingerprint density at radius 3 is 2.72 bits per heavy atom. The van der Waals surface area contributed by atoms with Crippen molar-refractivity contribution in [1.82, 2.24) is 30.1 Å². The Morgan fingerprint density at radius 2 is 2.00 bits per heavy atom. The van der Waals surface area contributed by atoms with Crippen LogP contribution in [0.5, 0.6) is 0 Å². The van der Waals surface area contributed by atoms with Crippen molar-refractivity contribution in [1.29, 1.82) is 10.8 Å². The Balaban J connectivity index is 1.26. The van der Waals surface area contributed by atoms with Crippen molar-refractivity contribution in [3.63, 3.8) is 0 Å². The molecule has 0 radical (unpaired) electrons. The van der Waals surface area contributed by atoms with Crippen molar-refractivity contribution in [2.24, 2.45) is 0 Å². The largest absolute Gasteiger partial charge is 0.355 e. The number of carbonyl (C=O) groups excluding carboxylic acids is 2. The van der Waals surface area contributed by atoms with Gasteiger partial charge in [0, 0.05) is 36.8 Å². The molecule has 4 N–H and O–H groups in total. The number of anilines is 2. The number of amidine groups is 1. The van der Waals surface area contributed by atoms with E-state index in [-0.39, 0.29) is 34.7 Å². The molecule has 1 fully saturated rings. The molecule has 5 rings (SSSR count). The second-order valence-corrected chi connectivity index (χ2v) is 11.5. The van der Waals surface area contributed by atoms with Crippen molar-refractivity contribution >= 4 is 47.2 Å². The second-order valence-electron chi connectivity index (χ2n) is 11.1. The minimum Gasteiger partial charge on any atom is -0.355 e. The smallest absolute Gasteiger partial charge is 0.255 e. The van der Waals surface area contributed by atoms with Crippen molar-refractivity contribution < 1.29 is 9.59 Å². The zero-order valence-corrected chi connectivity index (χ0v) is 25.3. The lowest BCUT2D eigenvalue weighted by Crippen LogP contribution is -2.46. The van der Waals surface area contributed by atoms with Gasteiger partial charge in [-0.15, -0.1) is 0 Å². The fourth-order valence-electron chi connectivity index (χ4n) is 5.35. The summed E-state index contributed by atoms with van der Waals surface area (Å²) in [6.07, 6.45) is 3.31. The van der Waals surface area contributed by atoms with Gasteiger partial charge in [-0.25, -0.2) is 15.0 Å². The van der Waals surface area contributed by atoms with Crippen LogP contribution in [0, 0.1) is 10.8 Å². The van der Waals surface area contributed by atoms with Gasteiger partial charge < -0.3 is 30.7 Å². The van der Waals surface area contributed by atoms with E-state index in [1.54, 1.807) is 17.9 Å². The summed E-state index contributed by atoms with van der Waals surface area (Å²) in [6.45, 7) is 5.77. The molecule has 224 valence electrons. The summed E-state index contributed by atoms with van der Waals surface area (Å²) in [6, 6.07) is 10.7. The van der Waals surface area contributed by atoms with Crippen LogP contribution in [-0.2, 0) is 11.3 Å². The molecule has 0 aliphatic carbocycles. The minimum absolute atomic E-state index is 0.110. The fraction of sp³-hybridized carbons (Fsp3) is 0.367. The Morgan fingerprint density at radius 1 is 1.21 bits per heavy atom. The molecule has 2 aliphatic heterocycles. The quantitative estimate of drug-likeness (QED) is 0.214. The molecule has 0 bridgehead atoms. The van der Waals surface area contributed by atoms with Gasteiger partial charge in [0.25, 0.3) is 5.91 Å². The van der Waals surface area contributed by atoms with Gasteiger partial charge in [-0.2, -0.15) is 0 Å². The summed E-state index contributed by atoms with van der Waals surface area (Å²) in [5.74, 6) is 0.308. The van der Waals surface area contributed by atoms with Gasteiger partial charge in [-0.05, 0) is 58.1 Å². The number of aromatic nitrogens is 3. The number of nitrogens with one attached hydrogen (secondary N) is 4. The van der Waals surface area contributed by atoms with Crippen LogP contribution in [-0.4, -0.2) is 87.9 Å². The normalized spacial score (nSPS) is 17.5. The highest BCUT2D eigenvalue weighted by molar-refractivity contribution is 6.33. The molecule has 0 spiro atoms. The molecule has 3 atom stereocenters. The molecule has 1 saturated heterocycles. The van der Waals surface area contributed by atoms with Gasteiger partial charge in [0.1, 0.15) is 17.7 Å². The van der Waals surface area contributed by atoms with Crippen molar-refractivity contribution in [2.75, 3.05) is 37.4 Å². The predicted octanol–water partition coefficient (Wildman–Crippen LogP) is 3.59. The lowest BCUT2D eigenvalue weighted by molar-refractivity contribution is -0.125. The molecule has 43 heavy (non-hydrogen) atoms. The van der Waals surface area contributed by atoms with Gasteiger partial charge in [-0.3, -0.25) is 15.0 Å². The number of hydrogen-bond acceptors (Lipinski definition) is 9. The first-order valence-corrected chi connectivity index (χ1v) is 14.4. The molecule has 2 aromatic heterocycles.